The number of aromatic nitrogens is 1. The van der Waals surface area contributed by atoms with Gasteiger partial charge in [0.15, 0.2) is 0 Å². The zero-order chi connectivity index (χ0) is 19.9. The third-order valence-corrected chi connectivity index (χ3v) is 3.88. The quantitative estimate of drug-likeness (QED) is 0.606. The maximum Gasteiger partial charge on any atom is 0.408 e. The van der Waals surface area contributed by atoms with Gasteiger partial charge in [-0.25, -0.2) is 9.59 Å². The van der Waals surface area contributed by atoms with E-state index in [1.165, 1.54) is 12.3 Å². The van der Waals surface area contributed by atoms with Crippen LogP contribution in [0.5, 0.6) is 0 Å². The third-order valence-electron chi connectivity index (χ3n) is 3.88. The number of carboxylic acids is 1. The number of alkyl carbamates (subject to hydrolysis) is 1. The van der Waals surface area contributed by atoms with Gasteiger partial charge in [-0.2, -0.15) is 0 Å². The van der Waals surface area contributed by atoms with E-state index in [9.17, 15) is 14.4 Å². The highest BCUT2D eigenvalue weighted by atomic mass is 16.5. The maximum atomic E-state index is 12.2. The van der Waals surface area contributed by atoms with Gasteiger partial charge in [-0.1, -0.05) is 42.2 Å². The van der Waals surface area contributed by atoms with E-state index >= 15 is 0 Å². The predicted molar refractivity (Wildman–Crippen MR) is 103 cm³/mol. The van der Waals surface area contributed by atoms with Crippen molar-refractivity contribution in [3.8, 4) is 11.8 Å². The zero-order valence-corrected chi connectivity index (χ0v) is 14.7. The summed E-state index contributed by atoms with van der Waals surface area (Å²) in [6.07, 6.45) is 0.586. The first kappa shape index (κ1) is 18.7. The van der Waals surface area contributed by atoms with Gasteiger partial charge in [-0.3, -0.25) is 4.79 Å². The van der Waals surface area contributed by atoms with Gasteiger partial charge in [-0.15, -0.1) is 0 Å². The van der Waals surface area contributed by atoms with Crippen molar-refractivity contribution in [3.63, 3.8) is 0 Å². The molecule has 2 aromatic carbocycles. The largest absolute Gasteiger partial charge is 0.477 e. The summed E-state index contributed by atoms with van der Waals surface area (Å²) in [5.41, 5.74) is 1.02. The molecular weight excluding hydrogens is 360 g/mol. The van der Waals surface area contributed by atoms with Crippen LogP contribution < -0.4 is 10.7 Å². The van der Waals surface area contributed by atoms with Gasteiger partial charge >= 0.3 is 12.1 Å². The topological polar surface area (TPSA) is 108 Å². The third kappa shape index (κ3) is 4.56. The number of hydrogen-bond acceptors (Lipinski definition) is 4. The second kappa shape index (κ2) is 8.56. The summed E-state index contributed by atoms with van der Waals surface area (Å²) < 4.78 is 5.07. The average molecular weight is 376 g/mol. The summed E-state index contributed by atoms with van der Waals surface area (Å²) >= 11 is 0. The molecule has 0 spiro atoms. The molecule has 1 heterocycles. The van der Waals surface area contributed by atoms with Crippen LogP contribution in [0.2, 0.25) is 0 Å². The first-order valence-electron chi connectivity index (χ1n) is 8.37. The molecule has 0 fully saturated rings. The molecule has 1 aromatic heterocycles. The highest BCUT2D eigenvalue weighted by Gasteiger charge is 2.11. The number of carbonyl (C=O) groups excluding carboxylic acids is 1. The second-order valence-electron chi connectivity index (χ2n) is 5.81. The number of aromatic amines is 1. The Morgan fingerprint density at radius 1 is 1.14 bits per heavy atom. The van der Waals surface area contributed by atoms with Crippen LogP contribution in [0.4, 0.5) is 4.79 Å². The van der Waals surface area contributed by atoms with Gasteiger partial charge < -0.3 is 20.1 Å². The summed E-state index contributed by atoms with van der Waals surface area (Å²) in [6, 6.07) is 14.2. The zero-order valence-electron chi connectivity index (χ0n) is 14.7. The fraction of sp³-hybridized carbons (Fsp3) is 0.0952. The normalized spacial score (nSPS) is 10.0. The lowest BCUT2D eigenvalue weighted by atomic mass is 10.1. The Morgan fingerprint density at radius 2 is 1.93 bits per heavy atom. The van der Waals surface area contributed by atoms with Gasteiger partial charge in [0.25, 0.3) is 0 Å². The van der Waals surface area contributed by atoms with Crippen LogP contribution in [0.1, 0.15) is 21.5 Å². The van der Waals surface area contributed by atoms with Crippen molar-refractivity contribution >= 4 is 23.0 Å². The second-order valence-corrected chi connectivity index (χ2v) is 5.81. The molecule has 3 aromatic rings. The molecule has 7 heteroatoms. The van der Waals surface area contributed by atoms with Crippen molar-refractivity contribution in [3.05, 3.63) is 81.6 Å². The number of benzene rings is 2. The van der Waals surface area contributed by atoms with E-state index in [1.54, 1.807) is 12.1 Å². The minimum absolute atomic E-state index is 0.0666. The molecule has 0 aliphatic heterocycles. The molecular formula is C21H16N2O5. The Morgan fingerprint density at radius 3 is 2.68 bits per heavy atom. The highest BCUT2D eigenvalue weighted by molar-refractivity contribution is 5.92. The lowest BCUT2D eigenvalue weighted by Gasteiger charge is -2.04. The molecule has 7 nitrogen and oxygen atoms in total. The number of nitrogens with one attached hydrogen (secondary N) is 2. The molecule has 3 rings (SSSR count). The van der Waals surface area contributed by atoms with Gasteiger partial charge in [0.05, 0.1) is 6.54 Å². The minimum atomic E-state index is -1.29. The van der Waals surface area contributed by atoms with E-state index in [1.807, 2.05) is 30.3 Å². The van der Waals surface area contributed by atoms with Gasteiger partial charge in [0.1, 0.15) is 12.2 Å². The molecule has 140 valence electrons. The summed E-state index contributed by atoms with van der Waals surface area (Å²) in [5.74, 6) is 4.29. The number of hydrogen-bond donors (Lipinski definition) is 3. The van der Waals surface area contributed by atoms with Crippen LogP contribution in [-0.2, 0) is 11.3 Å². The predicted octanol–water partition coefficient (Wildman–Crippen LogP) is 2.50. The lowest BCUT2D eigenvalue weighted by Crippen LogP contribution is -2.24. The van der Waals surface area contributed by atoms with E-state index in [4.69, 9.17) is 9.84 Å². The van der Waals surface area contributed by atoms with Crippen LogP contribution in [0.3, 0.4) is 0 Å². The molecule has 0 aliphatic carbocycles. The molecule has 0 saturated heterocycles. The number of H-pyrrole nitrogens is 1. The molecule has 28 heavy (non-hydrogen) atoms. The molecule has 3 N–H and O–H groups in total. The van der Waals surface area contributed by atoms with Crippen molar-refractivity contribution < 1.29 is 19.4 Å². The molecule has 0 radical (unpaired) electrons. The SMILES string of the molecule is O=C(NCC#Cc1ccc2[nH]cc(C(=O)O)c(=O)c2c1)OCc1ccccc1. The van der Waals surface area contributed by atoms with E-state index in [2.05, 4.69) is 22.1 Å². The summed E-state index contributed by atoms with van der Waals surface area (Å²) in [5, 5.41) is 11.8. The summed E-state index contributed by atoms with van der Waals surface area (Å²) in [4.78, 5) is 37.7. The van der Waals surface area contributed by atoms with Crippen LogP contribution in [0.15, 0.2) is 59.5 Å². The van der Waals surface area contributed by atoms with Crippen molar-refractivity contribution in [1.82, 2.24) is 10.3 Å². The van der Waals surface area contributed by atoms with E-state index in [-0.39, 0.29) is 24.1 Å². The average Bonchev–Trinajstić information content (AvgIpc) is 2.70. The Kier molecular flexibility index (Phi) is 5.72. The molecule has 0 atom stereocenters. The molecule has 1 amide bonds. The molecule has 0 bridgehead atoms. The van der Waals surface area contributed by atoms with Crippen molar-refractivity contribution in [2.24, 2.45) is 0 Å². The Labute approximate surface area is 160 Å². The number of carbonyl (C=O) groups is 2. The smallest absolute Gasteiger partial charge is 0.408 e. The standard InChI is InChI=1S/C21H16N2O5/c24-19-16-11-14(8-9-18(16)23-12-17(19)20(25)26)7-4-10-22-21(27)28-13-15-5-2-1-3-6-15/h1-3,5-6,8-9,11-12H,10,13H2,(H,22,27)(H,23,24)(H,25,26). The van der Waals surface area contributed by atoms with Crippen LogP contribution in [-0.4, -0.2) is 28.7 Å². The number of amides is 1. The molecule has 0 saturated carbocycles. The van der Waals surface area contributed by atoms with Crippen molar-refractivity contribution in [1.29, 1.82) is 0 Å². The first-order valence-corrected chi connectivity index (χ1v) is 8.37. The first-order chi connectivity index (χ1) is 13.5. The van der Waals surface area contributed by atoms with Crippen molar-refractivity contribution in [2.45, 2.75) is 6.61 Å². The van der Waals surface area contributed by atoms with Crippen LogP contribution >= 0.6 is 0 Å². The Hall–Kier alpha value is -4.05. The van der Waals surface area contributed by atoms with Gasteiger partial charge in [0.2, 0.25) is 5.43 Å². The maximum absolute atomic E-state index is 12.2. The number of fused-ring (bicyclic) bond motifs is 1. The number of ether oxygens (including phenoxy) is 1. The fourth-order valence-corrected chi connectivity index (χ4v) is 2.49. The van der Waals surface area contributed by atoms with Crippen LogP contribution in [0.25, 0.3) is 10.9 Å². The van der Waals surface area contributed by atoms with Crippen LogP contribution in [0, 0.1) is 11.8 Å². The van der Waals surface area contributed by atoms with E-state index < -0.39 is 17.5 Å². The summed E-state index contributed by atoms with van der Waals surface area (Å²) in [7, 11) is 0. The summed E-state index contributed by atoms with van der Waals surface area (Å²) in [6.45, 7) is 0.233. The number of pyridine rings is 1. The Bertz CT molecular complexity index is 1140. The minimum Gasteiger partial charge on any atom is -0.477 e. The molecule has 0 unspecified atom stereocenters. The number of rotatable bonds is 4. The van der Waals surface area contributed by atoms with Crippen molar-refractivity contribution in [2.75, 3.05) is 6.54 Å². The molecule has 0 aliphatic rings. The highest BCUT2D eigenvalue weighted by Crippen LogP contribution is 2.10. The Balaban J connectivity index is 1.61. The monoisotopic (exact) mass is 376 g/mol. The van der Waals surface area contributed by atoms with Gasteiger partial charge in [0, 0.05) is 22.7 Å². The number of carboxylic acid groups (broad SMARTS) is 1. The number of aromatic carboxylic acids is 1. The fourth-order valence-electron chi connectivity index (χ4n) is 2.49. The lowest BCUT2D eigenvalue weighted by molar-refractivity contribution is 0.0695. The van der Waals surface area contributed by atoms with Gasteiger partial charge in [-0.05, 0) is 23.8 Å². The van der Waals surface area contributed by atoms with E-state index in [0.29, 0.717) is 11.1 Å². The van der Waals surface area contributed by atoms with E-state index in [0.717, 1.165) is 5.56 Å².